The number of ether oxygens (including phenoxy) is 2. The molecule has 2 aromatic rings. The van der Waals surface area contributed by atoms with Gasteiger partial charge in [-0.1, -0.05) is 25.8 Å². The number of nitrogens with zero attached hydrogens (tertiary/aromatic N) is 2. The Bertz CT molecular complexity index is 753. The highest BCUT2D eigenvalue weighted by Gasteiger charge is 2.22. The van der Waals surface area contributed by atoms with Crippen LogP contribution in [0.4, 0.5) is 5.69 Å². The highest BCUT2D eigenvalue weighted by molar-refractivity contribution is 5.94. The maximum atomic E-state index is 12.8. The Morgan fingerprint density at radius 2 is 1.71 bits per heavy atom. The molecule has 0 atom stereocenters. The Balaban J connectivity index is 1.51. The van der Waals surface area contributed by atoms with Crippen LogP contribution >= 0.6 is 0 Å². The molecule has 1 heterocycles. The van der Waals surface area contributed by atoms with Crippen LogP contribution in [0.1, 0.15) is 36.5 Å². The molecule has 0 saturated carbocycles. The van der Waals surface area contributed by atoms with Gasteiger partial charge in [0.25, 0.3) is 5.91 Å². The van der Waals surface area contributed by atoms with Crippen molar-refractivity contribution in [3.63, 3.8) is 0 Å². The van der Waals surface area contributed by atoms with Gasteiger partial charge in [-0.15, -0.1) is 0 Å². The molecule has 1 fully saturated rings. The second-order valence-electron chi connectivity index (χ2n) is 7.06. The Kier molecular flexibility index (Phi) is 7.18. The molecule has 2 aromatic carbocycles. The van der Waals surface area contributed by atoms with Crippen molar-refractivity contribution >= 4 is 11.6 Å². The first-order valence-corrected chi connectivity index (χ1v) is 10.1. The van der Waals surface area contributed by atoms with Gasteiger partial charge in [-0.2, -0.15) is 0 Å². The van der Waals surface area contributed by atoms with Crippen molar-refractivity contribution in [1.82, 2.24) is 4.90 Å². The zero-order chi connectivity index (χ0) is 19.8. The summed E-state index contributed by atoms with van der Waals surface area (Å²) < 4.78 is 11.0. The van der Waals surface area contributed by atoms with Crippen molar-refractivity contribution in [2.24, 2.45) is 0 Å². The maximum Gasteiger partial charge on any atom is 0.253 e. The minimum absolute atomic E-state index is 0.0859. The van der Waals surface area contributed by atoms with Gasteiger partial charge in [-0.3, -0.25) is 4.79 Å². The Morgan fingerprint density at radius 1 is 0.964 bits per heavy atom. The van der Waals surface area contributed by atoms with Crippen LogP contribution in [0.25, 0.3) is 0 Å². The summed E-state index contributed by atoms with van der Waals surface area (Å²) in [5, 5.41) is 0. The summed E-state index contributed by atoms with van der Waals surface area (Å²) in [7, 11) is 1.68. The molecule has 1 aliphatic heterocycles. The molecule has 1 amide bonds. The Hall–Kier alpha value is -2.69. The molecule has 0 bridgehead atoms. The molecular formula is C23H30N2O3. The largest absolute Gasteiger partial charge is 0.497 e. The van der Waals surface area contributed by atoms with Crippen LogP contribution < -0.4 is 14.4 Å². The number of hydrogen-bond donors (Lipinski definition) is 0. The SMILES string of the molecule is CCCCCOc1ccc(C(=O)N2CCN(c3cccc(OC)c3)CC2)cc1. The molecule has 0 unspecified atom stereocenters. The third kappa shape index (κ3) is 5.18. The number of anilines is 1. The standard InChI is InChI=1S/C23H30N2O3/c1-3-4-5-17-28-21-11-9-19(10-12-21)23(26)25-15-13-24(14-16-25)20-7-6-8-22(18-20)27-2/h6-12,18H,3-5,13-17H2,1-2H3. The molecule has 28 heavy (non-hydrogen) atoms. The molecule has 0 N–H and O–H groups in total. The Morgan fingerprint density at radius 3 is 2.39 bits per heavy atom. The quantitative estimate of drug-likeness (QED) is 0.641. The average molecular weight is 383 g/mol. The number of hydrogen-bond acceptors (Lipinski definition) is 4. The van der Waals surface area contributed by atoms with Gasteiger partial charge in [0.1, 0.15) is 11.5 Å². The van der Waals surface area contributed by atoms with E-state index in [2.05, 4.69) is 17.9 Å². The number of methoxy groups -OCH3 is 1. The summed E-state index contributed by atoms with van der Waals surface area (Å²) in [6, 6.07) is 15.6. The predicted molar refractivity (Wildman–Crippen MR) is 113 cm³/mol. The molecule has 1 aliphatic rings. The van der Waals surface area contributed by atoms with Crippen LogP contribution in [-0.4, -0.2) is 50.7 Å². The van der Waals surface area contributed by atoms with E-state index in [-0.39, 0.29) is 5.91 Å². The van der Waals surface area contributed by atoms with E-state index in [0.29, 0.717) is 13.1 Å². The first kappa shape index (κ1) is 20.1. The molecule has 5 heteroatoms. The second-order valence-corrected chi connectivity index (χ2v) is 7.06. The lowest BCUT2D eigenvalue weighted by atomic mass is 10.1. The molecule has 150 valence electrons. The van der Waals surface area contributed by atoms with Gasteiger partial charge in [0, 0.05) is 43.5 Å². The van der Waals surface area contributed by atoms with Crippen molar-refractivity contribution in [2.45, 2.75) is 26.2 Å². The zero-order valence-electron chi connectivity index (χ0n) is 16.9. The molecule has 0 radical (unpaired) electrons. The van der Waals surface area contributed by atoms with Crippen molar-refractivity contribution in [3.05, 3.63) is 54.1 Å². The third-order valence-corrected chi connectivity index (χ3v) is 5.10. The normalized spacial score (nSPS) is 14.1. The van der Waals surface area contributed by atoms with E-state index < -0.39 is 0 Å². The van der Waals surface area contributed by atoms with Crippen LogP contribution in [0.5, 0.6) is 11.5 Å². The van der Waals surface area contributed by atoms with Gasteiger partial charge >= 0.3 is 0 Å². The third-order valence-electron chi connectivity index (χ3n) is 5.10. The summed E-state index contributed by atoms with van der Waals surface area (Å²) in [5.41, 5.74) is 1.85. The van der Waals surface area contributed by atoms with Crippen LogP contribution in [0.2, 0.25) is 0 Å². The number of piperazine rings is 1. The van der Waals surface area contributed by atoms with Crippen LogP contribution in [-0.2, 0) is 0 Å². The van der Waals surface area contributed by atoms with E-state index >= 15 is 0 Å². The fourth-order valence-corrected chi connectivity index (χ4v) is 3.39. The highest BCUT2D eigenvalue weighted by atomic mass is 16.5. The van der Waals surface area contributed by atoms with Crippen molar-refractivity contribution < 1.29 is 14.3 Å². The fraction of sp³-hybridized carbons (Fsp3) is 0.435. The van der Waals surface area contributed by atoms with E-state index in [4.69, 9.17) is 9.47 Å². The predicted octanol–water partition coefficient (Wildman–Crippen LogP) is 4.23. The van der Waals surface area contributed by atoms with E-state index in [1.54, 1.807) is 7.11 Å². The minimum atomic E-state index is 0.0859. The molecule has 0 aromatic heterocycles. The lowest BCUT2D eigenvalue weighted by Crippen LogP contribution is -2.48. The monoisotopic (exact) mass is 382 g/mol. The first-order chi connectivity index (χ1) is 13.7. The van der Waals surface area contributed by atoms with Gasteiger partial charge in [0.05, 0.1) is 13.7 Å². The molecule has 0 spiro atoms. The lowest BCUT2D eigenvalue weighted by molar-refractivity contribution is 0.0746. The smallest absolute Gasteiger partial charge is 0.253 e. The summed E-state index contributed by atoms with van der Waals surface area (Å²) in [6.07, 6.45) is 3.43. The number of amides is 1. The van der Waals surface area contributed by atoms with Crippen LogP contribution in [0, 0.1) is 0 Å². The molecule has 5 nitrogen and oxygen atoms in total. The van der Waals surface area contributed by atoms with E-state index in [0.717, 1.165) is 48.9 Å². The highest BCUT2D eigenvalue weighted by Crippen LogP contribution is 2.23. The maximum absolute atomic E-state index is 12.8. The van der Waals surface area contributed by atoms with Crippen LogP contribution in [0.15, 0.2) is 48.5 Å². The molecule has 1 saturated heterocycles. The van der Waals surface area contributed by atoms with Gasteiger partial charge < -0.3 is 19.3 Å². The average Bonchev–Trinajstić information content (AvgIpc) is 2.77. The summed E-state index contributed by atoms with van der Waals surface area (Å²) in [4.78, 5) is 17.0. The van der Waals surface area contributed by atoms with Gasteiger partial charge in [-0.25, -0.2) is 0 Å². The Labute approximate surface area is 167 Å². The lowest BCUT2D eigenvalue weighted by Gasteiger charge is -2.36. The van der Waals surface area contributed by atoms with Crippen LogP contribution in [0.3, 0.4) is 0 Å². The van der Waals surface area contributed by atoms with Crippen molar-refractivity contribution in [1.29, 1.82) is 0 Å². The van der Waals surface area contributed by atoms with Crippen molar-refractivity contribution in [3.8, 4) is 11.5 Å². The molecule has 3 rings (SSSR count). The first-order valence-electron chi connectivity index (χ1n) is 10.1. The van der Waals surface area contributed by atoms with Crippen molar-refractivity contribution in [2.75, 3.05) is 44.8 Å². The minimum Gasteiger partial charge on any atom is -0.497 e. The molecular weight excluding hydrogens is 352 g/mol. The number of rotatable bonds is 8. The number of benzene rings is 2. The van der Waals surface area contributed by atoms with E-state index in [1.165, 1.54) is 12.8 Å². The van der Waals surface area contributed by atoms with Gasteiger partial charge in [-0.05, 0) is 42.8 Å². The van der Waals surface area contributed by atoms with Gasteiger partial charge in [0.2, 0.25) is 0 Å². The topological polar surface area (TPSA) is 42.0 Å². The number of unbranched alkanes of at least 4 members (excludes halogenated alkanes) is 2. The summed E-state index contributed by atoms with van der Waals surface area (Å²) in [6.45, 7) is 5.97. The second kappa shape index (κ2) is 10.0. The van der Waals surface area contributed by atoms with Gasteiger partial charge in [0.15, 0.2) is 0 Å². The molecule has 0 aliphatic carbocycles. The number of carbonyl (C=O) groups excluding carboxylic acids is 1. The van der Waals surface area contributed by atoms with E-state index in [9.17, 15) is 4.79 Å². The summed E-state index contributed by atoms with van der Waals surface area (Å²) >= 11 is 0. The summed E-state index contributed by atoms with van der Waals surface area (Å²) in [5.74, 6) is 1.77. The zero-order valence-corrected chi connectivity index (χ0v) is 16.9. The fourth-order valence-electron chi connectivity index (χ4n) is 3.39. The number of carbonyl (C=O) groups is 1. The van der Waals surface area contributed by atoms with E-state index in [1.807, 2.05) is 47.4 Å².